The molecule has 4 heteroatoms. The van der Waals surface area contributed by atoms with Crippen molar-refractivity contribution in [1.29, 1.82) is 0 Å². The van der Waals surface area contributed by atoms with E-state index < -0.39 is 0 Å². The van der Waals surface area contributed by atoms with Gasteiger partial charge in [-0.05, 0) is 24.3 Å². The molecule has 3 rings (SSSR count). The number of hydrogen-bond donors (Lipinski definition) is 2. The third kappa shape index (κ3) is 1.95. The van der Waals surface area contributed by atoms with Gasteiger partial charge in [-0.2, -0.15) is 0 Å². The summed E-state index contributed by atoms with van der Waals surface area (Å²) in [5.41, 5.74) is 0.453. The Balaban J connectivity index is 1.87. The molecule has 1 saturated carbocycles. The molecule has 1 amide bonds. The monoisotopic (exact) mass is 242 g/mol. The van der Waals surface area contributed by atoms with Crippen molar-refractivity contribution in [2.45, 2.75) is 25.0 Å². The average Bonchev–Trinajstić information content (AvgIpc) is 2.36. The Morgan fingerprint density at radius 3 is 2.83 bits per heavy atom. The number of nitrogens with zero attached hydrogens (tertiary/aromatic N) is 1. The van der Waals surface area contributed by atoms with Gasteiger partial charge in [-0.15, -0.1) is 0 Å². The van der Waals surface area contributed by atoms with Crippen LogP contribution in [0.2, 0.25) is 0 Å². The van der Waals surface area contributed by atoms with Gasteiger partial charge in [-0.3, -0.25) is 9.78 Å². The number of aliphatic hydroxyl groups excluding tert-OH is 1. The van der Waals surface area contributed by atoms with E-state index in [0.717, 1.165) is 10.8 Å². The molecule has 4 nitrogen and oxygen atoms in total. The van der Waals surface area contributed by atoms with E-state index in [1.165, 1.54) is 0 Å². The Morgan fingerprint density at radius 2 is 2.06 bits per heavy atom. The summed E-state index contributed by atoms with van der Waals surface area (Å²) >= 11 is 0. The molecule has 2 aromatic rings. The largest absolute Gasteiger partial charge is 0.393 e. The molecule has 1 fully saturated rings. The first-order chi connectivity index (χ1) is 8.74. The highest BCUT2D eigenvalue weighted by atomic mass is 16.3. The SMILES string of the molecule is O=C(NC1CC(O)C1)c1nccc2ccccc12. The van der Waals surface area contributed by atoms with Crippen LogP contribution in [0.3, 0.4) is 0 Å². The van der Waals surface area contributed by atoms with Crippen molar-refractivity contribution < 1.29 is 9.90 Å². The van der Waals surface area contributed by atoms with E-state index in [2.05, 4.69) is 10.3 Å². The zero-order chi connectivity index (χ0) is 12.5. The van der Waals surface area contributed by atoms with Gasteiger partial charge in [0.15, 0.2) is 0 Å². The number of nitrogens with one attached hydrogen (secondary N) is 1. The summed E-state index contributed by atoms with van der Waals surface area (Å²) in [4.78, 5) is 16.3. The summed E-state index contributed by atoms with van der Waals surface area (Å²) in [7, 11) is 0. The van der Waals surface area contributed by atoms with E-state index in [1.54, 1.807) is 6.20 Å². The zero-order valence-electron chi connectivity index (χ0n) is 9.84. The van der Waals surface area contributed by atoms with Crippen LogP contribution in [0.15, 0.2) is 36.5 Å². The second kappa shape index (κ2) is 4.38. The molecule has 1 aromatic heterocycles. The van der Waals surface area contributed by atoms with Crippen molar-refractivity contribution in [2.75, 3.05) is 0 Å². The first kappa shape index (κ1) is 11.2. The van der Waals surface area contributed by atoms with Crippen molar-refractivity contribution in [3.05, 3.63) is 42.2 Å². The first-order valence-electron chi connectivity index (χ1n) is 6.07. The van der Waals surface area contributed by atoms with E-state index in [-0.39, 0.29) is 18.1 Å². The zero-order valence-corrected chi connectivity index (χ0v) is 9.84. The fourth-order valence-electron chi connectivity index (χ4n) is 2.26. The number of fused-ring (bicyclic) bond motifs is 1. The maximum absolute atomic E-state index is 12.1. The third-order valence-electron chi connectivity index (χ3n) is 3.34. The molecule has 0 radical (unpaired) electrons. The lowest BCUT2D eigenvalue weighted by atomic mass is 9.89. The minimum absolute atomic E-state index is 0.0771. The van der Waals surface area contributed by atoms with Crippen molar-refractivity contribution in [3.8, 4) is 0 Å². The predicted octanol–water partition coefficient (Wildman–Crippen LogP) is 1.49. The van der Waals surface area contributed by atoms with Crippen LogP contribution in [-0.2, 0) is 0 Å². The highest BCUT2D eigenvalue weighted by molar-refractivity contribution is 6.05. The van der Waals surface area contributed by atoms with Crippen LogP contribution in [-0.4, -0.2) is 28.1 Å². The van der Waals surface area contributed by atoms with Gasteiger partial charge >= 0.3 is 0 Å². The molecule has 1 aliphatic rings. The molecular weight excluding hydrogens is 228 g/mol. The number of carbonyl (C=O) groups excluding carboxylic acids is 1. The molecule has 1 aliphatic carbocycles. The normalized spacial score (nSPS) is 22.5. The quantitative estimate of drug-likeness (QED) is 0.838. The topological polar surface area (TPSA) is 62.2 Å². The van der Waals surface area contributed by atoms with Gasteiger partial charge in [0, 0.05) is 17.6 Å². The van der Waals surface area contributed by atoms with Crippen molar-refractivity contribution in [3.63, 3.8) is 0 Å². The highest BCUT2D eigenvalue weighted by Crippen LogP contribution is 2.21. The Kier molecular flexibility index (Phi) is 2.72. The molecule has 2 N–H and O–H groups in total. The molecule has 0 saturated heterocycles. The molecule has 92 valence electrons. The Hall–Kier alpha value is -1.94. The second-order valence-electron chi connectivity index (χ2n) is 4.68. The van der Waals surface area contributed by atoms with E-state index in [4.69, 9.17) is 0 Å². The van der Waals surface area contributed by atoms with Gasteiger partial charge in [-0.1, -0.05) is 24.3 Å². The van der Waals surface area contributed by atoms with Crippen molar-refractivity contribution >= 4 is 16.7 Å². The lowest BCUT2D eigenvalue weighted by Crippen LogP contribution is -2.46. The van der Waals surface area contributed by atoms with Crippen LogP contribution in [0.1, 0.15) is 23.3 Å². The van der Waals surface area contributed by atoms with E-state index in [0.29, 0.717) is 18.5 Å². The third-order valence-corrected chi connectivity index (χ3v) is 3.34. The highest BCUT2D eigenvalue weighted by Gasteiger charge is 2.29. The maximum atomic E-state index is 12.1. The lowest BCUT2D eigenvalue weighted by Gasteiger charge is -2.31. The van der Waals surface area contributed by atoms with Crippen LogP contribution >= 0.6 is 0 Å². The number of benzene rings is 1. The molecular formula is C14H14N2O2. The Morgan fingerprint density at radius 1 is 1.28 bits per heavy atom. The number of pyridine rings is 1. The smallest absolute Gasteiger partial charge is 0.270 e. The Bertz CT molecular complexity index is 586. The maximum Gasteiger partial charge on any atom is 0.270 e. The summed E-state index contributed by atoms with van der Waals surface area (Å²) in [6.45, 7) is 0. The van der Waals surface area contributed by atoms with Gasteiger partial charge in [0.25, 0.3) is 5.91 Å². The number of carbonyl (C=O) groups is 1. The first-order valence-corrected chi connectivity index (χ1v) is 6.07. The molecule has 1 aromatic carbocycles. The summed E-state index contributed by atoms with van der Waals surface area (Å²) in [5, 5.41) is 14.0. The fourth-order valence-corrected chi connectivity index (χ4v) is 2.26. The molecule has 18 heavy (non-hydrogen) atoms. The molecule has 1 heterocycles. The standard InChI is InChI=1S/C14H14N2O2/c17-11-7-10(8-11)16-14(18)13-12-4-2-1-3-9(12)5-6-15-13/h1-6,10-11,17H,7-8H2,(H,16,18). The van der Waals surface area contributed by atoms with Gasteiger partial charge < -0.3 is 10.4 Å². The number of aliphatic hydroxyl groups is 1. The fraction of sp³-hybridized carbons (Fsp3) is 0.286. The Labute approximate surface area is 105 Å². The van der Waals surface area contributed by atoms with Crippen molar-refractivity contribution in [1.82, 2.24) is 10.3 Å². The van der Waals surface area contributed by atoms with Crippen molar-refractivity contribution in [2.24, 2.45) is 0 Å². The number of amides is 1. The molecule has 0 spiro atoms. The van der Waals surface area contributed by atoms with Gasteiger partial charge in [0.1, 0.15) is 5.69 Å². The average molecular weight is 242 g/mol. The van der Waals surface area contributed by atoms with Crippen LogP contribution in [0.4, 0.5) is 0 Å². The van der Waals surface area contributed by atoms with Crippen LogP contribution in [0.5, 0.6) is 0 Å². The number of hydrogen-bond acceptors (Lipinski definition) is 3. The second-order valence-corrected chi connectivity index (χ2v) is 4.68. The molecule has 0 unspecified atom stereocenters. The van der Waals surface area contributed by atoms with Gasteiger partial charge in [-0.25, -0.2) is 0 Å². The van der Waals surface area contributed by atoms with Gasteiger partial charge in [0.2, 0.25) is 0 Å². The van der Waals surface area contributed by atoms with E-state index in [1.807, 2.05) is 30.3 Å². The van der Waals surface area contributed by atoms with Gasteiger partial charge in [0.05, 0.1) is 6.10 Å². The van der Waals surface area contributed by atoms with E-state index in [9.17, 15) is 9.90 Å². The molecule has 0 bridgehead atoms. The number of aromatic nitrogens is 1. The summed E-state index contributed by atoms with van der Waals surface area (Å²) in [5.74, 6) is -0.163. The molecule has 0 atom stereocenters. The predicted molar refractivity (Wildman–Crippen MR) is 68.2 cm³/mol. The lowest BCUT2D eigenvalue weighted by molar-refractivity contribution is 0.0561. The minimum Gasteiger partial charge on any atom is -0.393 e. The molecule has 0 aliphatic heterocycles. The van der Waals surface area contributed by atoms with Crippen LogP contribution < -0.4 is 5.32 Å². The van der Waals surface area contributed by atoms with E-state index >= 15 is 0 Å². The summed E-state index contributed by atoms with van der Waals surface area (Å²) in [6.07, 6.45) is 2.65. The minimum atomic E-state index is -0.268. The van der Waals surface area contributed by atoms with Crippen LogP contribution in [0.25, 0.3) is 10.8 Å². The summed E-state index contributed by atoms with van der Waals surface area (Å²) < 4.78 is 0. The number of rotatable bonds is 2. The summed E-state index contributed by atoms with van der Waals surface area (Å²) in [6, 6.07) is 9.65. The van der Waals surface area contributed by atoms with Crippen LogP contribution in [0, 0.1) is 0 Å².